The second kappa shape index (κ2) is 12.0. The fraction of sp³-hybridized carbons (Fsp3) is 0.0189. The van der Waals surface area contributed by atoms with E-state index in [9.17, 15) is 0 Å². The predicted molar refractivity (Wildman–Crippen MR) is 241 cm³/mol. The van der Waals surface area contributed by atoms with Crippen molar-refractivity contribution in [3.05, 3.63) is 182 Å². The van der Waals surface area contributed by atoms with E-state index >= 15 is 0 Å². The SMILES string of the molecule is Cc1ccc(-c2ccc3c(ccc4cc(-c5ccc(-c6nc7ccccc7c7c6ccc6c8ccccc8sc67)cc5)ccc43)c2)c2ccc3cccnc3c12. The average Bonchev–Trinajstić information content (AvgIpc) is 3.64. The first-order chi connectivity index (χ1) is 27.7. The first-order valence-corrected chi connectivity index (χ1v) is 20.0. The zero-order valence-corrected chi connectivity index (χ0v) is 31.4. The highest BCUT2D eigenvalue weighted by atomic mass is 32.1. The molecule has 0 spiro atoms. The molecule has 0 amide bonds. The van der Waals surface area contributed by atoms with Crippen molar-refractivity contribution < 1.29 is 0 Å². The van der Waals surface area contributed by atoms with E-state index in [1.54, 1.807) is 0 Å². The zero-order chi connectivity index (χ0) is 36.9. The van der Waals surface area contributed by atoms with Crippen molar-refractivity contribution in [1.82, 2.24) is 9.97 Å². The maximum atomic E-state index is 5.26. The number of aryl methyl sites for hydroxylation is 1. The Morgan fingerprint density at radius 3 is 1.95 bits per heavy atom. The van der Waals surface area contributed by atoms with Crippen LogP contribution in [0.2, 0.25) is 0 Å². The van der Waals surface area contributed by atoms with Crippen LogP contribution in [0.1, 0.15) is 5.56 Å². The van der Waals surface area contributed by atoms with Gasteiger partial charge in [-0.15, -0.1) is 11.3 Å². The zero-order valence-electron chi connectivity index (χ0n) is 30.5. The van der Waals surface area contributed by atoms with E-state index in [0.29, 0.717) is 0 Å². The van der Waals surface area contributed by atoms with Gasteiger partial charge in [-0.25, -0.2) is 4.98 Å². The highest BCUT2D eigenvalue weighted by molar-refractivity contribution is 7.26. The van der Waals surface area contributed by atoms with Crippen LogP contribution in [-0.2, 0) is 0 Å². The molecule has 0 bridgehead atoms. The maximum absolute atomic E-state index is 5.26. The molecule has 0 atom stereocenters. The molecule has 3 heteroatoms. The van der Waals surface area contributed by atoms with E-state index in [1.165, 1.54) is 102 Å². The van der Waals surface area contributed by atoms with Gasteiger partial charge in [0.2, 0.25) is 0 Å². The van der Waals surface area contributed by atoms with Crippen LogP contribution >= 0.6 is 11.3 Å². The second-order valence-corrected chi connectivity index (χ2v) is 16.0. The number of pyridine rings is 2. The normalized spacial score (nSPS) is 12.0. The summed E-state index contributed by atoms with van der Waals surface area (Å²) in [6, 6.07) is 62.2. The molecule has 0 aliphatic rings. The summed E-state index contributed by atoms with van der Waals surface area (Å²) in [4.78, 5) is 10.0. The molecule has 2 nitrogen and oxygen atoms in total. The number of para-hydroxylation sites is 1. The Morgan fingerprint density at radius 2 is 1.09 bits per heavy atom. The van der Waals surface area contributed by atoms with E-state index in [4.69, 9.17) is 9.97 Å². The third kappa shape index (κ3) is 4.68. The minimum atomic E-state index is 1.02. The Morgan fingerprint density at radius 1 is 0.429 bits per heavy atom. The van der Waals surface area contributed by atoms with Gasteiger partial charge in [-0.1, -0.05) is 140 Å². The molecule has 0 aliphatic heterocycles. The smallest absolute Gasteiger partial charge is 0.0788 e. The molecule has 0 radical (unpaired) electrons. The van der Waals surface area contributed by atoms with Crippen LogP contribution in [0.15, 0.2) is 176 Å². The third-order valence-corrected chi connectivity index (χ3v) is 13.0. The molecule has 12 rings (SSSR count). The van der Waals surface area contributed by atoms with Gasteiger partial charge >= 0.3 is 0 Å². The van der Waals surface area contributed by atoms with E-state index in [1.807, 2.05) is 23.6 Å². The summed E-state index contributed by atoms with van der Waals surface area (Å²) < 4.78 is 2.65. The van der Waals surface area contributed by atoms with Gasteiger partial charge < -0.3 is 0 Å². The van der Waals surface area contributed by atoms with Gasteiger partial charge in [0, 0.05) is 58.9 Å². The molecule has 9 aromatic carbocycles. The lowest BCUT2D eigenvalue weighted by Gasteiger charge is -2.13. The van der Waals surface area contributed by atoms with Crippen molar-refractivity contribution in [1.29, 1.82) is 0 Å². The Hall–Kier alpha value is -6.94. The molecule has 0 saturated heterocycles. The Labute approximate surface area is 327 Å². The number of thiophene rings is 1. The van der Waals surface area contributed by atoms with Gasteiger partial charge in [-0.05, 0) is 92.0 Å². The highest BCUT2D eigenvalue weighted by Crippen LogP contribution is 2.44. The van der Waals surface area contributed by atoms with Gasteiger partial charge in [0.15, 0.2) is 0 Å². The van der Waals surface area contributed by atoms with E-state index in [2.05, 4.69) is 171 Å². The molecule has 0 fully saturated rings. The van der Waals surface area contributed by atoms with E-state index in [-0.39, 0.29) is 0 Å². The fourth-order valence-electron chi connectivity index (χ4n) is 9.08. The fourth-order valence-corrected chi connectivity index (χ4v) is 10.3. The molecule has 0 unspecified atom stereocenters. The number of benzene rings is 9. The summed E-state index contributed by atoms with van der Waals surface area (Å²) in [5.41, 5.74) is 10.3. The predicted octanol–water partition coefficient (Wildman–Crippen LogP) is 15.1. The number of fused-ring (bicyclic) bond motifs is 13. The molecular formula is C53H32N2S. The lowest BCUT2D eigenvalue weighted by Crippen LogP contribution is -1.90. The van der Waals surface area contributed by atoms with Crippen molar-refractivity contribution in [2.24, 2.45) is 0 Å². The molecule has 12 aromatic rings. The topological polar surface area (TPSA) is 25.8 Å². The van der Waals surface area contributed by atoms with Crippen molar-refractivity contribution >= 4 is 96.4 Å². The lowest BCUT2D eigenvalue weighted by atomic mass is 9.91. The summed E-state index contributed by atoms with van der Waals surface area (Å²) in [7, 11) is 0. The number of hydrogen-bond acceptors (Lipinski definition) is 3. The Balaban J connectivity index is 0.924. The number of nitrogens with zero attached hydrogens (tertiary/aromatic N) is 2. The highest BCUT2D eigenvalue weighted by Gasteiger charge is 2.17. The van der Waals surface area contributed by atoms with Gasteiger partial charge in [0.05, 0.1) is 16.7 Å². The Bertz CT molecular complexity index is 3600. The molecule has 3 aromatic heterocycles. The van der Waals surface area contributed by atoms with Crippen molar-refractivity contribution in [2.75, 3.05) is 0 Å². The third-order valence-electron chi connectivity index (χ3n) is 11.8. The minimum absolute atomic E-state index is 1.02. The summed E-state index contributed by atoms with van der Waals surface area (Å²) in [6.45, 7) is 2.18. The average molecular weight is 729 g/mol. The summed E-state index contributed by atoms with van der Waals surface area (Å²) in [5.74, 6) is 0. The molecular weight excluding hydrogens is 697 g/mol. The lowest BCUT2D eigenvalue weighted by molar-refractivity contribution is 1.42. The summed E-state index contributed by atoms with van der Waals surface area (Å²) in [6.07, 6.45) is 1.89. The van der Waals surface area contributed by atoms with Crippen molar-refractivity contribution in [2.45, 2.75) is 6.92 Å². The molecule has 0 saturated carbocycles. The first kappa shape index (κ1) is 31.4. The van der Waals surface area contributed by atoms with Crippen LogP contribution in [0.3, 0.4) is 0 Å². The number of rotatable bonds is 3. The number of hydrogen-bond donors (Lipinski definition) is 0. The van der Waals surface area contributed by atoms with Crippen LogP contribution < -0.4 is 0 Å². The van der Waals surface area contributed by atoms with Crippen LogP contribution in [0.25, 0.3) is 119 Å². The van der Waals surface area contributed by atoms with E-state index < -0.39 is 0 Å². The molecule has 260 valence electrons. The minimum Gasteiger partial charge on any atom is -0.256 e. The number of aromatic nitrogens is 2. The maximum Gasteiger partial charge on any atom is 0.0788 e. The second-order valence-electron chi connectivity index (χ2n) is 14.9. The Kier molecular flexibility index (Phi) is 6.75. The monoisotopic (exact) mass is 728 g/mol. The molecule has 0 aliphatic carbocycles. The van der Waals surface area contributed by atoms with Crippen LogP contribution in [0.4, 0.5) is 0 Å². The van der Waals surface area contributed by atoms with Crippen molar-refractivity contribution in [3.63, 3.8) is 0 Å². The van der Waals surface area contributed by atoms with E-state index in [0.717, 1.165) is 22.3 Å². The summed E-state index contributed by atoms with van der Waals surface area (Å²) in [5, 5.41) is 15.0. The van der Waals surface area contributed by atoms with Gasteiger partial charge in [-0.2, -0.15) is 0 Å². The van der Waals surface area contributed by atoms with Gasteiger partial charge in [0.1, 0.15) is 0 Å². The molecule has 3 heterocycles. The van der Waals surface area contributed by atoms with Gasteiger partial charge in [-0.3, -0.25) is 4.98 Å². The molecule has 0 N–H and O–H groups in total. The van der Waals surface area contributed by atoms with Crippen molar-refractivity contribution in [3.8, 4) is 33.5 Å². The molecule has 56 heavy (non-hydrogen) atoms. The van der Waals surface area contributed by atoms with Crippen LogP contribution in [0, 0.1) is 6.92 Å². The quantitative estimate of drug-likeness (QED) is 0.169. The van der Waals surface area contributed by atoms with Crippen LogP contribution in [-0.4, -0.2) is 9.97 Å². The standard InChI is InChI=1S/C53H32N2S/c1-31-12-22-41(43-25-19-33-7-6-28-54-52(33)49(31)43)38-21-24-40-37(30-38)18-17-36-29-35(20-23-39(36)40)32-13-15-34(16-14-32)51-46-27-26-44-42-8-3-5-11-48(42)56-53(44)50(46)45-9-2-4-10-47(45)55-51/h2-30H,1H3. The van der Waals surface area contributed by atoms with Crippen LogP contribution in [0.5, 0.6) is 0 Å². The van der Waals surface area contributed by atoms with Gasteiger partial charge in [0.25, 0.3) is 0 Å². The largest absolute Gasteiger partial charge is 0.256 e. The summed E-state index contributed by atoms with van der Waals surface area (Å²) >= 11 is 1.88. The first-order valence-electron chi connectivity index (χ1n) is 19.1.